The number of amides is 1. The minimum atomic E-state index is -3.84. The van der Waals surface area contributed by atoms with Crippen LogP contribution in [0.2, 0.25) is 5.02 Å². The van der Waals surface area contributed by atoms with Gasteiger partial charge in [0.1, 0.15) is 22.1 Å². The second-order valence-corrected chi connectivity index (χ2v) is 13.8. The van der Waals surface area contributed by atoms with Crippen LogP contribution >= 0.6 is 27.5 Å². The summed E-state index contributed by atoms with van der Waals surface area (Å²) >= 11 is 9.54. The number of benzene rings is 2. The van der Waals surface area contributed by atoms with Gasteiger partial charge in [-0.25, -0.2) is 22.6 Å². The van der Waals surface area contributed by atoms with Crippen LogP contribution in [0, 0.1) is 23.6 Å². The quantitative estimate of drug-likeness (QED) is 0.366. The van der Waals surface area contributed by atoms with Crippen LogP contribution in [0.25, 0.3) is 22.6 Å². The fraction of sp³-hybridized carbons (Fsp3) is 0.385. The number of H-pyrrole nitrogens is 1. The van der Waals surface area contributed by atoms with Gasteiger partial charge >= 0.3 is 6.09 Å². The van der Waals surface area contributed by atoms with E-state index < -0.39 is 21.7 Å². The van der Waals surface area contributed by atoms with Gasteiger partial charge in [-0.2, -0.15) is 4.31 Å². The highest BCUT2D eigenvalue weighted by molar-refractivity contribution is 9.10. The molecule has 2 N–H and O–H groups in total. The Morgan fingerprint density at radius 1 is 1.21 bits per heavy atom. The minimum Gasteiger partial charge on any atom is -0.444 e. The lowest BCUT2D eigenvalue weighted by Gasteiger charge is -2.22. The van der Waals surface area contributed by atoms with Crippen molar-refractivity contribution in [3.8, 4) is 22.6 Å². The molecule has 1 saturated heterocycles. The number of piperidine rings is 1. The van der Waals surface area contributed by atoms with Gasteiger partial charge in [0.05, 0.1) is 21.4 Å². The summed E-state index contributed by atoms with van der Waals surface area (Å²) in [4.78, 5) is 19.5. The number of carbonyl (C=O) groups is 1. The van der Waals surface area contributed by atoms with Crippen molar-refractivity contribution in [2.24, 2.45) is 17.8 Å². The number of nitrogens with one attached hydrogen (secondary N) is 2. The van der Waals surface area contributed by atoms with Crippen molar-refractivity contribution in [1.82, 2.24) is 19.6 Å². The number of carbonyl (C=O) groups excluding carboxylic acids is 1. The van der Waals surface area contributed by atoms with Crippen molar-refractivity contribution in [3.05, 3.63) is 57.9 Å². The molecule has 12 heteroatoms. The molecule has 1 unspecified atom stereocenters. The van der Waals surface area contributed by atoms with Crippen LogP contribution in [-0.2, 0) is 14.8 Å². The average Bonchev–Trinajstić information content (AvgIpc) is 3.20. The van der Waals surface area contributed by atoms with Crippen molar-refractivity contribution in [2.75, 3.05) is 19.6 Å². The number of fused-ring (bicyclic) bond motifs is 1. The van der Waals surface area contributed by atoms with Gasteiger partial charge in [-0.15, -0.1) is 0 Å². The van der Waals surface area contributed by atoms with E-state index in [1.807, 2.05) is 0 Å². The summed E-state index contributed by atoms with van der Waals surface area (Å²) in [6, 6.07) is 9.39. The third-order valence-corrected chi connectivity index (χ3v) is 9.77. The zero-order valence-electron chi connectivity index (χ0n) is 21.0. The molecule has 5 rings (SSSR count). The molecule has 2 heterocycles. The number of halogens is 3. The van der Waals surface area contributed by atoms with E-state index in [1.165, 1.54) is 16.4 Å². The maximum Gasteiger partial charge on any atom is 0.407 e. The van der Waals surface area contributed by atoms with Crippen LogP contribution in [-0.4, -0.2) is 54.0 Å². The van der Waals surface area contributed by atoms with Crippen LogP contribution in [0.1, 0.15) is 20.8 Å². The molecular formula is C26H27BrClFN4O4S. The second kappa shape index (κ2) is 9.93. The Bertz CT molecular complexity index is 1500. The lowest BCUT2D eigenvalue weighted by Crippen LogP contribution is -2.36. The summed E-state index contributed by atoms with van der Waals surface area (Å²) in [7, 11) is -3.84. The number of rotatable bonds is 6. The molecule has 2 fully saturated rings. The van der Waals surface area contributed by atoms with Crippen molar-refractivity contribution >= 4 is 43.6 Å². The second-order valence-electron chi connectivity index (χ2n) is 10.6. The van der Waals surface area contributed by atoms with Crippen LogP contribution in [0.4, 0.5) is 9.18 Å². The predicted octanol–water partition coefficient (Wildman–Crippen LogP) is 5.69. The molecular weight excluding hydrogens is 599 g/mol. The van der Waals surface area contributed by atoms with E-state index in [9.17, 15) is 17.6 Å². The van der Waals surface area contributed by atoms with Crippen LogP contribution in [0.3, 0.4) is 0 Å². The molecule has 1 aromatic heterocycles. The molecule has 2 aromatic carbocycles. The Hall–Kier alpha value is -2.47. The third kappa shape index (κ3) is 5.47. The fourth-order valence-corrected chi connectivity index (χ4v) is 7.28. The summed E-state index contributed by atoms with van der Waals surface area (Å²) in [5.41, 5.74) is 1.37. The lowest BCUT2D eigenvalue weighted by molar-refractivity contribution is 0.0523. The number of imidazole rings is 1. The van der Waals surface area contributed by atoms with Gasteiger partial charge < -0.3 is 15.0 Å². The molecule has 0 spiro atoms. The highest BCUT2D eigenvalue weighted by atomic mass is 79.9. The predicted molar refractivity (Wildman–Crippen MR) is 146 cm³/mol. The van der Waals surface area contributed by atoms with E-state index in [1.54, 1.807) is 51.2 Å². The number of aromatic amines is 1. The molecule has 0 radical (unpaired) electrons. The third-order valence-electron chi connectivity index (χ3n) is 6.85. The van der Waals surface area contributed by atoms with E-state index in [0.29, 0.717) is 41.2 Å². The molecule has 8 nitrogen and oxygen atoms in total. The normalized spacial score (nSPS) is 21.3. The Morgan fingerprint density at radius 3 is 2.55 bits per heavy atom. The molecule has 1 saturated carbocycles. The monoisotopic (exact) mass is 624 g/mol. The van der Waals surface area contributed by atoms with Crippen LogP contribution in [0.15, 0.2) is 52.0 Å². The molecule has 1 aliphatic carbocycles. The number of nitrogens with zero attached hydrogens (tertiary/aromatic N) is 2. The number of ether oxygens (including phenoxy) is 1. The van der Waals surface area contributed by atoms with Gasteiger partial charge in [-0.05, 0) is 90.9 Å². The zero-order valence-corrected chi connectivity index (χ0v) is 24.1. The highest BCUT2D eigenvalue weighted by Gasteiger charge is 2.57. The summed E-state index contributed by atoms with van der Waals surface area (Å²) in [5, 5.41) is 2.92. The number of hydrogen-bond acceptors (Lipinski definition) is 5. The molecule has 2 aliphatic rings. The lowest BCUT2D eigenvalue weighted by atomic mass is 10.2. The molecule has 38 heavy (non-hydrogen) atoms. The first-order valence-electron chi connectivity index (χ1n) is 12.1. The number of alkyl carbamates (subject to hydrolysis) is 1. The van der Waals surface area contributed by atoms with E-state index in [-0.39, 0.29) is 33.5 Å². The van der Waals surface area contributed by atoms with Gasteiger partial charge in [0.15, 0.2) is 0 Å². The first-order valence-corrected chi connectivity index (χ1v) is 14.7. The van der Waals surface area contributed by atoms with Crippen molar-refractivity contribution in [2.45, 2.75) is 31.3 Å². The van der Waals surface area contributed by atoms with Gasteiger partial charge in [0.25, 0.3) is 0 Å². The maximum atomic E-state index is 13.6. The highest BCUT2D eigenvalue weighted by Crippen LogP contribution is 2.52. The van der Waals surface area contributed by atoms with E-state index in [0.717, 1.165) is 5.56 Å². The van der Waals surface area contributed by atoms with Crippen LogP contribution in [0.5, 0.6) is 0 Å². The van der Waals surface area contributed by atoms with Gasteiger partial charge in [-0.1, -0.05) is 11.6 Å². The summed E-state index contributed by atoms with van der Waals surface area (Å²) < 4.78 is 47.7. The smallest absolute Gasteiger partial charge is 0.407 e. The number of aromatic nitrogens is 2. The topological polar surface area (TPSA) is 104 Å². The molecule has 1 aliphatic heterocycles. The van der Waals surface area contributed by atoms with Crippen LogP contribution < -0.4 is 5.32 Å². The summed E-state index contributed by atoms with van der Waals surface area (Å²) in [5.74, 6) is 0.690. The summed E-state index contributed by atoms with van der Waals surface area (Å²) in [6.07, 6.45) is 1.14. The maximum absolute atomic E-state index is 13.6. The Balaban J connectivity index is 1.27. The molecule has 202 valence electrons. The Labute approximate surface area is 234 Å². The van der Waals surface area contributed by atoms with Crippen molar-refractivity contribution < 1.29 is 22.3 Å². The molecule has 1 amide bonds. The van der Waals surface area contributed by atoms with Gasteiger partial charge in [-0.3, -0.25) is 0 Å². The van der Waals surface area contributed by atoms with Crippen molar-refractivity contribution in [1.29, 1.82) is 0 Å². The SMILES string of the molecule is CC(C)(C)OC(=O)NCC1[C@H]2CN(S(=O)(=O)c3cc(-c4ncc(-c5ccc(F)c(Br)c5)[nH]4)ccc3Cl)C[C@@H]12. The standard InChI is InChI=1S/C26H27BrClFN4O4S/c1-26(2,3)37-25(34)31-10-16-17-12-33(13-18(16)17)38(35,36)23-9-15(4-6-20(23)28)24-30-11-22(32-24)14-5-7-21(29)19(27)8-14/h4-9,11,16-18H,10,12-13H2,1-3H3,(H,30,32)(H,31,34)/t16?,17-,18+. The number of hydrogen-bond donors (Lipinski definition) is 2. The molecule has 3 atom stereocenters. The van der Waals surface area contributed by atoms with E-state index in [4.69, 9.17) is 16.3 Å². The van der Waals surface area contributed by atoms with Gasteiger partial charge in [0.2, 0.25) is 10.0 Å². The molecule has 3 aromatic rings. The Morgan fingerprint density at radius 2 is 1.89 bits per heavy atom. The minimum absolute atomic E-state index is 0.0175. The summed E-state index contributed by atoms with van der Waals surface area (Å²) in [6.45, 7) is 6.61. The van der Waals surface area contributed by atoms with Gasteiger partial charge in [0, 0.05) is 30.8 Å². The fourth-order valence-electron chi connectivity index (χ4n) is 4.89. The number of sulfonamides is 1. The van der Waals surface area contributed by atoms with Crippen molar-refractivity contribution in [3.63, 3.8) is 0 Å². The average molecular weight is 626 g/mol. The van der Waals surface area contributed by atoms with E-state index in [2.05, 4.69) is 31.2 Å². The Kier molecular flexibility index (Phi) is 7.08. The van der Waals surface area contributed by atoms with E-state index >= 15 is 0 Å². The largest absolute Gasteiger partial charge is 0.444 e. The first kappa shape index (κ1) is 27.1. The first-order chi connectivity index (χ1) is 17.8. The zero-order chi connectivity index (χ0) is 27.4. The molecule has 0 bridgehead atoms.